The molecule has 1 aliphatic carbocycles. The largest absolute Gasteiger partial charge is 0.381 e. The number of morpholine rings is 1. The van der Waals surface area contributed by atoms with Crippen LogP contribution in [-0.4, -0.2) is 59.5 Å². The minimum absolute atomic E-state index is 0.413. The van der Waals surface area contributed by atoms with Gasteiger partial charge >= 0.3 is 0 Å². The molecule has 0 unspecified atom stereocenters. The maximum Gasteiger partial charge on any atom is 0.0946 e. The first-order valence-electron chi connectivity index (χ1n) is 8.79. The third-order valence-electron chi connectivity index (χ3n) is 5.67. The van der Waals surface area contributed by atoms with E-state index in [0.29, 0.717) is 18.1 Å². The summed E-state index contributed by atoms with van der Waals surface area (Å²) in [6, 6.07) is 0.630. The highest BCUT2D eigenvalue weighted by Crippen LogP contribution is 2.36. The van der Waals surface area contributed by atoms with Crippen LogP contribution < -0.4 is 0 Å². The van der Waals surface area contributed by atoms with Gasteiger partial charge in [-0.15, -0.1) is 0 Å². The second-order valence-electron chi connectivity index (χ2n) is 7.05. The smallest absolute Gasteiger partial charge is 0.0946 e. The van der Waals surface area contributed by atoms with Gasteiger partial charge in [-0.05, 0) is 31.6 Å². The Morgan fingerprint density at radius 1 is 1.05 bits per heavy atom. The molecule has 3 fully saturated rings. The predicted octanol–water partition coefficient (Wildman–Crippen LogP) is 1.79. The third kappa shape index (κ3) is 3.07. The third-order valence-corrected chi connectivity index (χ3v) is 5.67. The Hall–Kier alpha value is -0.910. The first-order valence-corrected chi connectivity index (χ1v) is 8.79. The van der Waals surface area contributed by atoms with Crippen molar-refractivity contribution in [3.05, 3.63) is 18.7 Å². The lowest BCUT2D eigenvalue weighted by Gasteiger charge is -2.41. The second-order valence-corrected chi connectivity index (χ2v) is 7.05. The van der Waals surface area contributed by atoms with Crippen molar-refractivity contribution in [2.45, 2.75) is 44.4 Å². The van der Waals surface area contributed by atoms with Crippen LogP contribution in [-0.2, 0) is 16.0 Å². The van der Waals surface area contributed by atoms with Gasteiger partial charge in [0.25, 0.3) is 0 Å². The molecule has 5 heteroatoms. The van der Waals surface area contributed by atoms with Gasteiger partial charge in [0.2, 0.25) is 0 Å². The van der Waals surface area contributed by atoms with Gasteiger partial charge in [-0.3, -0.25) is 4.90 Å². The molecule has 0 aromatic carbocycles. The van der Waals surface area contributed by atoms with E-state index in [1.165, 1.54) is 32.2 Å². The van der Waals surface area contributed by atoms with E-state index in [4.69, 9.17) is 9.47 Å². The SMILES string of the molecule is c1cn(C[C@@H]2CC[C@@H]3[C@@H]2OCCN3CC2CCOCC2)cn1. The highest BCUT2D eigenvalue weighted by Gasteiger charge is 2.43. The molecule has 0 spiro atoms. The zero-order valence-electron chi connectivity index (χ0n) is 13.3. The highest BCUT2D eigenvalue weighted by molar-refractivity contribution is 4.96. The van der Waals surface area contributed by atoms with Crippen LogP contribution in [0.4, 0.5) is 0 Å². The van der Waals surface area contributed by atoms with E-state index in [1.807, 2.05) is 12.5 Å². The van der Waals surface area contributed by atoms with Gasteiger partial charge in [0.05, 0.1) is 19.0 Å². The number of nitrogens with zero attached hydrogens (tertiary/aromatic N) is 3. The van der Waals surface area contributed by atoms with Crippen molar-refractivity contribution >= 4 is 0 Å². The first-order chi connectivity index (χ1) is 10.9. The molecule has 122 valence electrons. The number of aromatic nitrogens is 2. The van der Waals surface area contributed by atoms with Crippen molar-refractivity contribution in [1.29, 1.82) is 0 Å². The van der Waals surface area contributed by atoms with Gasteiger partial charge in [0.1, 0.15) is 0 Å². The molecular formula is C17H27N3O2. The predicted molar refractivity (Wildman–Crippen MR) is 83.6 cm³/mol. The molecule has 4 rings (SSSR count). The van der Waals surface area contributed by atoms with Crippen molar-refractivity contribution in [2.75, 3.05) is 32.9 Å². The van der Waals surface area contributed by atoms with Gasteiger partial charge in [0, 0.05) is 57.2 Å². The number of hydrogen-bond donors (Lipinski definition) is 0. The Labute approximate surface area is 132 Å². The zero-order valence-corrected chi connectivity index (χ0v) is 13.3. The Balaban J connectivity index is 1.37. The maximum atomic E-state index is 6.18. The van der Waals surface area contributed by atoms with E-state index in [2.05, 4.69) is 20.6 Å². The maximum absolute atomic E-state index is 6.18. The lowest BCUT2D eigenvalue weighted by atomic mass is 9.97. The molecule has 22 heavy (non-hydrogen) atoms. The summed E-state index contributed by atoms with van der Waals surface area (Å²) in [5.74, 6) is 1.46. The molecule has 1 saturated carbocycles. The molecule has 0 N–H and O–H groups in total. The molecule has 2 aliphatic heterocycles. The van der Waals surface area contributed by atoms with E-state index in [-0.39, 0.29) is 0 Å². The van der Waals surface area contributed by atoms with Crippen LogP contribution in [0.3, 0.4) is 0 Å². The van der Waals surface area contributed by atoms with E-state index in [9.17, 15) is 0 Å². The van der Waals surface area contributed by atoms with Crippen molar-refractivity contribution in [3.63, 3.8) is 0 Å². The normalized spacial score (nSPS) is 33.9. The number of imidazole rings is 1. The molecule has 0 radical (unpaired) electrons. The Kier molecular flexibility index (Phi) is 4.46. The van der Waals surface area contributed by atoms with Gasteiger partial charge in [-0.2, -0.15) is 0 Å². The summed E-state index contributed by atoms with van der Waals surface area (Å²) in [7, 11) is 0. The zero-order chi connectivity index (χ0) is 14.8. The quantitative estimate of drug-likeness (QED) is 0.850. The van der Waals surface area contributed by atoms with Crippen LogP contribution in [0.25, 0.3) is 0 Å². The van der Waals surface area contributed by atoms with Crippen LogP contribution in [0, 0.1) is 11.8 Å². The molecule has 3 atom stereocenters. The van der Waals surface area contributed by atoms with Crippen LogP contribution in [0.15, 0.2) is 18.7 Å². The molecular weight excluding hydrogens is 278 g/mol. The molecule has 0 bridgehead atoms. The van der Waals surface area contributed by atoms with E-state index in [0.717, 1.165) is 38.8 Å². The fourth-order valence-corrected chi connectivity index (χ4v) is 4.48. The van der Waals surface area contributed by atoms with Gasteiger partial charge in [0.15, 0.2) is 0 Å². The first kappa shape index (κ1) is 14.7. The number of ether oxygens (including phenoxy) is 2. The highest BCUT2D eigenvalue weighted by atomic mass is 16.5. The molecule has 3 aliphatic rings. The summed E-state index contributed by atoms with van der Waals surface area (Å²) in [5.41, 5.74) is 0. The van der Waals surface area contributed by atoms with E-state index in [1.54, 1.807) is 0 Å². The number of hydrogen-bond acceptors (Lipinski definition) is 4. The summed E-state index contributed by atoms with van der Waals surface area (Å²) < 4.78 is 13.9. The van der Waals surface area contributed by atoms with Gasteiger partial charge in [-0.1, -0.05) is 0 Å². The van der Waals surface area contributed by atoms with Crippen LogP contribution >= 0.6 is 0 Å². The Morgan fingerprint density at radius 2 is 1.95 bits per heavy atom. The van der Waals surface area contributed by atoms with Crippen molar-refractivity contribution in [3.8, 4) is 0 Å². The summed E-state index contributed by atoms with van der Waals surface area (Å²) in [4.78, 5) is 6.88. The second kappa shape index (κ2) is 6.69. The Morgan fingerprint density at radius 3 is 2.77 bits per heavy atom. The lowest BCUT2D eigenvalue weighted by Crippen LogP contribution is -2.52. The van der Waals surface area contributed by atoms with Crippen molar-refractivity contribution in [1.82, 2.24) is 14.5 Å². The minimum Gasteiger partial charge on any atom is -0.381 e. The van der Waals surface area contributed by atoms with E-state index < -0.39 is 0 Å². The van der Waals surface area contributed by atoms with Crippen LogP contribution in [0.5, 0.6) is 0 Å². The topological polar surface area (TPSA) is 39.5 Å². The molecule has 1 aromatic rings. The van der Waals surface area contributed by atoms with Crippen LogP contribution in [0.2, 0.25) is 0 Å². The van der Waals surface area contributed by atoms with Crippen molar-refractivity contribution in [2.24, 2.45) is 11.8 Å². The fourth-order valence-electron chi connectivity index (χ4n) is 4.48. The average Bonchev–Trinajstić information content (AvgIpc) is 3.20. The lowest BCUT2D eigenvalue weighted by molar-refractivity contribution is -0.0835. The minimum atomic E-state index is 0.413. The fraction of sp³-hybridized carbons (Fsp3) is 0.824. The molecule has 2 saturated heterocycles. The Bertz CT molecular complexity index is 458. The van der Waals surface area contributed by atoms with Crippen LogP contribution in [0.1, 0.15) is 25.7 Å². The molecule has 5 nitrogen and oxygen atoms in total. The molecule has 0 amide bonds. The van der Waals surface area contributed by atoms with Gasteiger partial charge < -0.3 is 14.0 Å². The standard InChI is InChI=1S/C17H27N3O2/c1-2-16-17(15(1)12-19-6-5-18-13-19)22-10-7-20(16)11-14-3-8-21-9-4-14/h5-6,13-17H,1-4,7-12H2/t15-,16+,17+/m0/s1. The van der Waals surface area contributed by atoms with Crippen molar-refractivity contribution < 1.29 is 9.47 Å². The van der Waals surface area contributed by atoms with E-state index >= 15 is 0 Å². The molecule has 1 aromatic heterocycles. The summed E-state index contributed by atoms with van der Waals surface area (Å²) in [5, 5.41) is 0. The molecule has 3 heterocycles. The number of fused-ring (bicyclic) bond motifs is 1. The summed E-state index contributed by atoms with van der Waals surface area (Å²) in [6.07, 6.45) is 11.3. The number of rotatable bonds is 4. The summed E-state index contributed by atoms with van der Waals surface area (Å²) >= 11 is 0. The summed E-state index contributed by atoms with van der Waals surface area (Å²) in [6.45, 7) is 6.19. The monoisotopic (exact) mass is 305 g/mol. The van der Waals surface area contributed by atoms with Gasteiger partial charge in [-0.25, -0.2) is 4.98 Å². The average molecular weight is 305 g/mol.